The molecule has 4 aromatic rings. The lowest BCUT2D eigenvalue weighted by Gasteiger charge is -2.30. The summed E-state index contributed by atoms with van der Waals surface area (Å²) in [6.07, 6.45) is 3.39. The van der Waals surface area contributed by atoms with Crippen molar-refractivity contribution in [3.63, 3.8) is 0 Å². The Kier molecular flexibility index (Phi) is 6.68. The molecule has 1 N–H and O–H groups in total. The number of likely N-dealkylation sites (tertiary alicyclic amines) is 1. The molecule has 9 heteroatoms. The second-order valence-corrected chi connectivity index (χ2v) is 9.69. The van der Waals surface area contributed by atoms with Gasteiger partial charge in [0.15, 0.2) is 5.82 Å². The molecule has 0 bridgehead atoms. The number of carboxylic acid groups (broad SMARTS) is 1. The zero-order valence-electron chi connectivity index (χ0n) is 20.0. The summed E-state index contributed by atoms with van der Waals surface area (Å²) in [5.74, 6) is 2.46. The Morgan fingerprint density at radius 2 is 2.00 bits per heavy atom. The molecule has 1 aliphatic rings. The maximum Gasteiger partial charge on any atom is 0.407 e. The van der Waals surface area contributed by atoms with E-state index in [0.717, 1.165) is 29.4 Å². The molecule has 0 saturated carbocycles. The number of ether oxygens (including phenoxy) is 2. The van der Waals surface area contributed by atoms with Gasteiger partial charge in [0.1, 0.15) is 24.2 Å². The van der Waals surface area contributed by atoms with Crippen LogP contribution in [0.15, 0.2) is 48.0 Å². The zero-order chi connectivity index (χ0) is 24.4. The van der Waals surface area contributed by atoms with Gasteiger partial charge in [-0.2, -0.15) is 0 Å². The summed E-state index contributed by atoms with van der Waals surface area (Å²) in [4.78, 5) is 17.3. The molecule has 0 unspecified atom stereocenters. The average molecular weight is 495 g/mol. The Labute approximate surface area is 208 Å². The molecule has 0 aliphatic carbocycles. The maximum absolute atomic E-state index is 11.1. The molecule has 1 amide bonds. The fourth-order valence-corrected chi connectivity index (χ4v) is 5.51. The van der Waals surface area contributed by atoms with Gasteiger partial charge < -0.3 is 28.6 Å². The summed E-state index contributed by atoms with van der Waals surface area (Å²) < 4.78 is 17.9. The van der Waals surface area contributed by atoms with Crippen LogP contribution in [0.3, 0.4) is 0 Å². The number of hydrogen-bond donors (Lipinski definition) is 1. The molecule has 0 radical (unpaired) electrons. The van der Waals surface area contributed by atoms with Crippen molar-refractivity contribution in [3.05, 3.63) is 53.7 Å². The predicted molar refractivity (Wildman–Crippen MR) is 137 cm³/mol. The number of aromatic nitrogens is 3. The normalized spacial score (nSPS) is 14.5. The molecule has 3 aromatic heterocycles. The Hall–Kier alpha value is -3.46. The lowest BCUT2D eigenvalue weighted by atomic mass is 10.1. The minimum absolute atomic E-state index is 0.0152. The van der Waals surface area contributed by atoms with Crippen LogP contribution in [-0.4, -0.2) is 56.0 Å². The predicted octanol–water partition coefficient (Wildman–Crippen LogP) is 5.27. The summed E-state index contributed by atoms with van der Waals surface area (Å²) in [5.41, 5.74) is 3.51. The van der Waals surface area contributed by atoms with E-state index in [9.17, 15) is 4.79 Å². The van der Waals surface area contributed by atoms with E-state index in [1.54, 1.807) is 11.3 Å². The minimum atomic E-state index is -0.863. The third kappa shape index (κ3) is 4.86. The first-order valence-corrected chi connectivity index (χ1v) is 12.9. The molecule has 1 saturated heterocycles. The Morgan fingerprint density at radius 3 is 2.74 bits per heavy atom. The number of nitrogens with zero attached hydrogens (tertiary/aromatic N) is 4. The summed E-state index contributed by atoms with van der Waals surface area (Å²) in [7, 11) is 2.09. The average Bonchev–Trinajstić information content (AvgIpc) is 3.56. The van der Waals surface area contributed by atoms with Gasteiger partial charge in [0.2, 0.25) is 0 Å². The number of carbonyl (C=O) groups is 1. The number of benzene rings is 1. The van der Waals surface area contributed by atoms with Crippen LogP contribution >= 0.6 is 11.3 Å². The second-order valence-electron chi connectivity index (χ2n) is 8.75. The van der Waals surface area contributed by atoms with E-state index < -0.39 is 6.09 Å². The summed E-state index contributed by atoms with van der Waals surface area (Å²) in [5, 5.41) is 11.2. The molecular weight excluding hydrogens is 464 g/mol. The number of fused-ring (bicyclic) bond motifs is 1. The highest BCUT2D eigenvalue weighted by atomic mass is 32.1. The van der Waals surface area contributed by atoms with Crippen molar-refractivity contribution >= 4 is 27.6 Å². The van der Waals surface area contributed by atoms with Gasteiger partial charge in [0, 0.05) is 50.9 Å². The van der Waals surface area contributed by atoms with Gasteiger partial charge in [-0.05, 0) is 36.1 Å². The van der Waals surface area contributed by atoms with Crippen molar-refractivity contribution in [2.24, 2.45) is 7.05 Å². The van der Waals surface area contributed by atoms with Gasteiger partial charge >= 0.3 is 6.09 Å². The van der Waals surface area contributed by atoms with Gasteiger partial charge in [-0.25, -0.2) is 9.78 Å². The van der Waals surface area contributed by atoms with Gasteiger partial charge in [-0.15, -0.1) is 11.3 Å². The zero-order valence-corrected chi connectivity index (χ0v) is 20.8. The Morgan fingerprint density at radius 1 is 1.20 bits per heavy atom. The largest absolute Gasteiger partial charge is 0.492 e. The summed E-state index contributed by atoms with van der Waals surface area (Å²) in [6.45, 7) is 4.35. The second kappa shape index (κ2) is 10.0. The summed E-state index contributed by atoms with van der Waals surface area (Å²) in [6, 6.07) is 12.0. The first-order chi connectivity index (χ1) is 17.0. The molecule has 1 fully saturated rings. The molecule has 4 heterocycles. The van der Waals surface area contributed by atoms with Crippen molar-refractivity contribution in [2.75, 3.05) is 19.7 Å². The highest BCUT2D eigenvalue weighted by Gasteiger charge is 2.23. The topological polar surface area (TPSA) is 81.8 Å². The van der Waals surface area contributed by atoms with E-state index in [1.807, 2.05) is 30.5 Å². The molecular formula is C26H30N4O4S. The first kappa shape index (κ1) is 23.3. The lowest BCUT2D eigenvalue weighted by Crippen LogP contribution is -2.41. The van der Waals surface area contributed by atoms with E-state index in [0.29, 0.717) is 39.1 Å². The number of imidazole rings is 1. The van der Waals surface area contributed by atoms with Crippen LogP contribution in [0.4, 0.5) is 4.79 Å². The van der Waals surface area contributed by atoms with Crippen LogP contribution < -0.4 is 9.47 Å². The SMILES string of the molecule is CCc1cnc(-c2cc3sccc3n2C)n1CCOc1cccc(OC2CCN(C(=O)O)CC2)c1. The number of amides is 1. The number of rotatable bonds is 8. The Bertz CT molecular complexity index is 1320. The van der Waals surface area contributed by atoms with Gasteiger partial charge in [0.05, 0.1) is 22.5 Å². The van der Waals surface area contributed by atoms with Gasteiger partial charge in [-0.1, -0.05) is 13.0 Å². The monoisotopic (exact) mass is 494 g/mol. The van der Waals surface area contributed by atoms with Gasteiger partial charge in [0.25, 0.3) is 0 Å². The van der Waals surface area contributed by atoms with Crippen LogP contribution in [0.25, 0.3) is 21.7 Å². The van der Waals surface area contributed by atoms with Crippen LogP contribution in [-0.2, 0) is 20.0 Å². The molecule has 0 spiro atoms. The molecule has 35 heavy (non-hydrogen) atoms. The van der Waals surface area contributed by atoms with Gasteiger partial charge in [-0.3, -0.25) is 0 Å². The maximum atomic E-state index is 11.1. The molecule has 8 nitrogen and oxygen atoms in total. The summed E-state index contributed by atoms with van der Waals surface area (Å²) >= 11 is 1.74. The van der Waals surface area contributed by atoms with E-state index in [1.165, 1.54) is 20.8 Å². The fourth-order valence-electron chi connectivity index (χ4n) is 4.66. The number of aryl methyl sites for hydroxylation is 2. The quantitative estimate of drug-likeness (QED) is 0.361. The van der Waals surface area contributed by atoms with Crippen LogP contribution in [0.1, 0.15) is 25.5 Å². The number of thiophene rings is 1. The third-order valence-electron chi connectivity index (χ3n) is 6.60. The van der Waals surface area contributed by atoms with E-state index in [4.69, 9.17) is 19.6 Å². The molecule has 0 atom stereocenters. The molecule has 5 rings (SSSR count). The molecule has 184 valence electrons. The number of hydrogen-bond acceptors (Lipinski definition) is 5. The lowest BCUT2D eigenvalue weighted by molar-refractivity contribution is 0.0893. The van der Waals surface area contributed by atoms with Crippen molar-refractivity contribution in [1.82, 2.24) is 19.0 Å². The number of piperidine rings is 1. The molecule has 1 aromatic carbocycles. The fraction of sp³-hybridized carbons (Fsp3) is 0.385. The minimum Gasteiger partial charge on any atom is -0.492 e. The first-order valence-electron chi connectivity index (χ1n) is 12.0. The van der Waals surface area contributed by atoms with Crippen molar-refractivity contribution in [3.8, 4) is 23.0 Å². The highest BCUT2D eigenvalue weighted by Crippen LogP contribution is 2.31. The van der Waals surface area contributed by atoms with E-state index in [-0.39, 0.29) is 6.10 Å². The molecule has 1 aliphatic heterocycles. The van der Waals surface area contributed by atoms with E-state index in [2.05, 4.69) is 40.6 Å². The van der Waals surface area contributed by atoms with Crippen molar-refractivity contribution < 1.29 is 19.4 Å². The standard InChI is InChI=1S/C26H30N4O4S/c1-3-18-17-27-25(23-16-24-22(28(23)2)9-14-35-24)30(18)12-13-33-20-5-4-6-21(15-20)34-19-7-10-29(11-8-19)26(31)32/h4-6,9,14-17,19H,3,7-8,10-13H2,1-2H3,(H,31,32). The van der Waals surface area contributed by atoms with Crippen LogP contribution in [0.2, 0.25) is 0 Å². The van der Waals surface area contributed by atoms with Crippen LogP contribution in [0, 0.1) is 0 Å². The van der Waals surface area contributed by atoms with Crippen molar-refractivity contribution in [2.45, 2.75) is 38.8 Å². The smallest absolute Gasteiger partial charge is 0.407 e. The third-order valence-corrected chi connectivity index (χ3v) is 7.45. The highest BCUT2D eigenvalue weighted by molar-refractivity contribution is 7.17. The van der Waals surface area contributed by atoms with E-state index >= 15 is 0 Å². The Balaban J connectivity index is 1.23. The van der Waals surface area contributed by atoms with Crippen molar-refractivity contribution in [1.29, 1.82) is 0 Å². The van der Waals surface area contributed by atoms with Crippen LogP contribution in [0.5, 0.6) is 11.5 Å².